The average molecular weight is 222 g/mol. The van der Waals surface area contributed by atoms with Gasteiger partial charge in [0.2, 0.25) is 0 Å². The van der Waals surface area contributed by atoms with Crippen LogP contribution in [0.1, 0.15) is 38.4 Å². The van der Waals surface area contributed by atoms with Crippen molar-refractivity contribution in [3.05, 3.63) is 18.2 Å². The lowest BCUT2D eigenvalue weighted by Crippen LogP contribution is -2.36. The minimum absolute atomic E-state index is 0.333. The Bertz CT molecular complexity index is 330. The monoisotopic (exact) mass is 222 g/mol. The summed E-state index contributed by atoms with van der Waals surface area (Å²) < 4.78 is 2.20. The topological polar surface area (TPSA) is 47.1 Å². The van der Waals surface area contributed by atoms with Gasteiger partial charge < -0.3 is 10.3 Å². The Morgan fingerprint density at radius 1 is 1.56 bits per heavy atom. The molecule has 1 aromatic heterocycles. The molecule has 1 atom stereocenters. The van der Waals surface area contributed by atoms with E-state index in [0.29, 0.717) is 12.6 Å². The second-order valence-electron chi connectivity index (χ2n) is 4.42. The smallest absolute Gasteiger partial charge is 0.0948 e. The lowest BCUT2D eigenvalue weighted by Gasteiger charge is -2.30. The van der Waals surface area contributed by atoms with Crippen LogP contribution in [0.25, 0.3) is 0 Å². The molecule has 1 fully saturated rings. The first kappa shape index (κ1) is 11.6. The van der Waals surface area contributed by atoms with Gasteiger partial charge in [0.1, 0.15) is 0 Å². The van der Waals surface area contributed by atoms with Crippen molar-refractivity contribution >= 4 is 0 Å². The first-order valence-electron chi connectivity index (χ1n) is 6.27. The van der Waals surface area contributed by atoms with E-state index in [2.05, 4.69) is 28.3 Å². The Balaban J connectivity index is 2.20. The molecule has 1 heterocycles. The van der Waals surface area contributed by atoms with Crippen molar-refractivity contribution in [3.63, 3.8) is 0 Å². The second-order valence-corrected chi connectivity index (χ2v) is 4.42. The molecular formula is C12H22N4. The summed E-state index contributed by atoms with van der Waals surface area (Å²) in [6, 6.07) is 1.08. The van der Waals surface area contributed by atoms with E-state index in [-0.39, 0.29) is 0 Å². The molecule has 1 unspecified atom stereocenters. The number of hydrogen-bond donors (Lipinski definition) is 1. The summed E-state index contributed by atoms with van der Waals surface area (Å²) in [7, 11) is 0. The molecule has 1 aliphatic carbocycles. The van der Waals surface area contributed by atoms with Gasteiger partial charge in [0.25, 0.3) is 0 Å². The van der Waals surface area contributed by atoms with Gasteiger partial charge in [-0.05, 0) is 26.3 Å². The minimum Gasteiger partial charge on any atom is -0.333 e. The molecule has 1 aliphatic rings. The quantitative estimate of drug-likeness (QED) is 0.791. The van der Waals surface area contributed by atoms with Gasteiger partial charge in [0.05, 0.1) is 18.1 Å². The number of nitrogens with zero attached hydrogens (tertiary/aromatic N) is 3. The summed E-state index contributed by atoms with van der Waals surface area (Å²) in [5.74, 6) is 0. The first-order valence-corrected chi connectivity index (χ1v) is 6.27. The van der Waals surface area contributed by atoms with Crippen LogP contribution in [0.3, 0.4) is 0 Å². The number of rotatable bonds is 6. The molecule has 16 heavy (non-hydrogen) atoms. The number of hydrogen-bond acceptors (Lipinski definition) is 3. The van der Waals surface area contributed by atoms with Gasteiger partial charge in [-0.15, -0.1) is 0 Å². The standard InChI is InChI=1S/C12H22N4/c1-3-15-9-14-8-12(15)11(7-13)16(4-2)10-5-6-10/h8-11H,3-7,13H2,1-2H3. The van der Waals surface area contributed by atoms with E-state index in [1.807, 2.05) is 12.5 Å². The first-order chi connectivity index (χ1) is 7.81. The predicted molar refractivity (Wildman–Crippen MR) is 65.1 cm³/mol. The van der Waals surface area contributed by atoms with Gasteiger partial charge in [-0.3, -0.25) is 4.90 Å². The summed E-state index contributed by atoms with van der Waals surface area (Å²) in [4.78, 5) is 6.76. The van der Waals surface area contributed by atoms with Crippen LogP contribution in [0.4, 0.5) is 0 Å². The molecule has 0 bridgehead atoms. The third kappa shape index (κ3) is 2.13. The Morgan fingerprint density at radius 2 is 2.31 bits per heavy atom. The van der Waals surface area contributed by atoms with E-state index in [4.69, 9.17) is 5.73 Å². The van der Waals surface area contributed by atoms with Gasteiger partial charge in [0, 0.05) is 25.3 Å². The number of imidazole rings is 1. The molecule has 2 rings (SSSR count). The molecule has 0 radical (unpaired) electrons. The van der Waals surface area contributed by atoms with E-state index in [1.54, 1.807) is 0 Å². The Hall–Kier alpha value is -0.870. The van der Waals surface area contributed by atoms with Crippen molar-refractivity contribution in [1.29, 1.82) is 0 Å². The second kappa shape index (κ2) is 4.97. The Morgan fingerprint density at radius 3 is 2.81 bits per heavy atom. The van der Waals surface area contributed by atoms with Crippen molar-refractivity contribution in [1.82, 2.24) is 14.5 Å². The molecule has 0 spiro atoms. The maximum atomic E-state index is 5.95. The maximum absolute atomic E-state index is 5.95. The summed E-state index contributed by atoms with van der Waals surface area (Å²) in [5, 5.41) is 0. The van der Waals surface area contributed by atoms with Gasteiger partial charge in [0.15, 0.2) is 0 Å². The number of nitrogens with two attached hydrogens (primary N) is 1. The lowest BCUT2D eigenvalue weighted by molar-refractivity contribution is 0.194. The highest BCUT2D eigenvalue weighted by molar-refractivity contribution is 5.08. The van der Waals surface area contributed by atoms with Crippen LogP contribution >= 0.6 is 0 Å². The summed E-state index contributed by atoms with van der Waals surface area (Å²) >= 11 is 0. The third-order valence-corrected chi connectivity index (χ3v) is 3.43. The van der Waals surface area contributed by atoms with E-state index in [0.717, 1.165) is 19.1 Å². The normalized spacial score (nSPS) is 18.0. The van der Waals surface area contributed by atoms with Crippen LogP contribution in [0.15, 0.2) is 12.5 Å². The van der Waals surface area contributed by atoms with Crippen LogP contribution in [0, 0.1) is 0 Å². The summed E-state index contributed by atoms with van der Waals surface area (Å²) in [6.45, 7) is 7.07. The van der Waals surface area contributed by atoms with Crippen molar-refractivity contribution < 1.29 is 0 Å². The molecule has 1 saturated carbocycles. The lowest BCUT2D eigenvalue weighted by atomic mass is 10.1. The van der Waals surface area contributed by atoms with Crippen molar-refractivity contribution in [2.24, 2.45) is 5.73 Å². The zero-order valence-corrected chi connectivity index (χ0v) is 10.3. The fourth-order valence-electron chi connectivity index (χ4n) is 2.44. The molecule has 2 N–H and O–H groups in total. The molecule has 4 heteroatoms. The molecule has 0 aliphatic heterocycles. The number of aryl methyl sites for hydroxylation is 1. The van der Waals surface area contributed by atoms with E-state index in [9.17, 15) is 0 Å². The minimum atomic E-state index is 0.333. The van der Waals surface area contributed by atoms with Crippen molar-refractivity contribution in [2.45, 2.75) is 45.3 Å². The molecular weight excluding hydrogens is 200 g/mol. The van der Waals surface area contributed by atoms with Crippen LogP contribution in [0.5, 0.6) is 0 Å². The molecule has 90 valence electrons. The predicted octanol–water partition coefficient (Wildman–Crippen LogP) is 1.39. The van der Waals surface area contributed by atoms with E-state index >= 15 is 0 Å². The Kier molecular flexibility index (Phi) is 3.61. The molecule has 1 aromatic rings. The highest BCUT2D eigenvalue weighted by atomic mass is 15.2. The fourth-order valence-corrected chi connectivity index (χ4v) is 2.44. The third-order valence-electron chi connectivity index (χ3n) is 3.43. The SMILES string of the molecule is CCN(C1CC1)C(CN)c1cncn1CC. The van der Waals surface area contributed by atoms with Crippen LogP contribution < -0.4 is 5.73 Å². The van der Waals surface area contributed by atoms with Gasteiger partial charge in [-0.2, -0.15) is 0 Å². The number of likely N-dealkylation sites (N-methyl/N-ethyl adjacent to an activating group) is 1. The molecule has 0 saturated heterocycles. The Labute approximate surface area is 97.4 Å². The van der Waals surface area contributed by atoms with Gasteiger partial charge in [-0.25, -0.2) is 4.98 Å². The zero-order valence-electron chi connectivity index (χ0n) is 10.3. The summed E-state index contributed by atoms with van der Waals surface area (Å²) in [5.41, 5.74) is 7.21. The van der Waals surface area contributed by atoms with Gasteiger partial charge >= 0.3 is 0 Å². The fraction of sp³-hybridized carbons (Fsp3) is 0.750. The average Bonchev–Trinajstić information content (AvgIpc) is 3.03. The van der Waals surface area contributed by atoms with Crippen LogP contribution in [0.2, 0.25) is 0 Å². The largest absolute Gasteiger partial charge is 0.333 e. The van der Waals surface area contributed by atoms with E-state index in [1.165, 1.54) is 18.5 Å². The molecule has 4 nitrogen and oxygen atoms in total. The van der Waals surface area contributed by atoms with Crippen molar-refractivity contribution in [2.75, 3.05) is 13.1 Å². The molecule has 0 aromatic carbocycles. The van der Waals surface area contributed by atoms with Crippen LogP contribution in [-0.4, -0.2) is 33.6 Å². The molecule has 0 amide bonds. The maximum Gasteiger partial charge on any atom is 0.0948 e. The summed E-state index contributed by atoms with van der Waals surface area (Å²) in [6.07, 6.45) is 6.51. The van der Waals surface area contributed by atoms with Crippen molar-refractivity contribution in [3.8, 4) is 0 Å². The zero-order chi connectivity index (χ0) is 11.5. The van der Waals surface area contributed by atoms with Gasteiger partial charge in [-0.1, -0.05) is 6.92 Å². The highest BCUT2D eigenvalue weighted by Gasteiger charge is 2.33. The highest BCUT2D eigenvalue weighted by Crippen LogP contribution is 2.33. The van der Waals surface area contributed by atoms with Crippen LogP contribution in [-0.2, 0) is 6.54 Å². The van der Waals surface area contributed by atoms with E-state index < -0.39 is 0 Å². The number of aromatic nitrogens is 2.